The first-order chi connectivity index (χ1) is 10.0. The van der Waals surface area contributed by atoms with E-state index in [0.29, 0.717) is 30.1 Å². The smallest absolute Gasteiger partial charge is 0.272 e. The predicted molar refractivity (Wildman–Crippen MR) is 82.3 cm³/mol. The Balaban J connectivity index is 2.15. The normalized spacial score (nSPS) is 22.3. The molecule has 2 rings (SSSR count). The minimum atomic E-state index is -0.346. The summed E-state index contributed by atoms with van der Waals surface area (Å²) in [5.74, 6) is 1.00. The lowest BCUT2D eigenvalue weighted by Crippen LogP contribution is -2.26. The molecule has 1 aliphatic rings. The third kappa shape index (κ3) is 3.69. The lowest BCUT2D eigenvalue weighted by atomic mass is 9.76. The van der Waals surface area contributed by atoms with Gasteiger partial charge in [0.2, 0.25) is 0 Å². The topological polar surface area (TPSA) is 60.2 Å². The molecular weight excluding hydrogens is 266 g/mol. The molecule has 0 amide bonds. The summed E-state index contributed by atoms with van der Waals surface area (Å²) in [6.07, 6.45) is 5.60. The van der Waals surface area contributed by atoms with Gasteiger partial charge < -0.3 is 0 Å². The lowest BCUT2D eigenvalue weighted by Gasteiger charge is -2.28. The molecule has 1 aliphatic carbocycles. The van der Waals surface area contributed by atoms with Crippen LogP contribution in [0.15, 0.2) is 18.2 Å². The van der Waals surface area contributed by atoms with Crippen molar-refractivity contribution < 1.29 is 9.72 Å². The highest BCUT2D eigenvalue weighted by molar-refractivity contribution is 5.82. The molecule has 21 heavy (non-hydrogen) atoms. The predicted octanol–water partition coefficient (Wildman–Crippen LogP) is 4.23. The van der Waals surface area contributed by atoms with Gasteiger partial charge in [-0.2, -0.15) is 0 Å². The Kier molecular flexibility index (Phi) is 5.10. The third-order valence-electron chi connectivity index (χ3n) is 4.65. The summed E-state index contributed by atoms with van der Waals surface area (Å²) in [5, 5.41) is 11.0. The van der Waals surface area contributed by atoms with Gasteiger partial charge in [0.15, 0.2) is 0 Å². The van der Waals surface area contributed by atoms with E-state index in [1.165, 1.54) is 12.5 Å². The molecular formula is C17H23NO3. The van der Waals surface area contributed by atoms with Crippen LogP contribution in [0, 0.1) is 28.9 Å². The number of nitro benzene ring substituents is 1. The number of carbonyl (C=O) groups is 1. The SMILES string of the molecule is CCCC1CCC(=O)C(Cc2cccc([N+](=O)[O-])c2C)C1. The highest BCUT2D eigenvalue weighted by Gasteiger charge is 2.29. The van der Waals surface area contributed by atoms with Gasteiger partial charge in [0.25, 0.3) is 5.69 Å². The lowest BCUT2D eigenvalue weighted by molar-refractivity contribution is -0.385. The number of ketones is 1. The fourth-order valence-electron chi connectivity index (χ4n) is 3.42. The number of benzene rings is 1. The number of hydrogen-bond donors (Lipinski definition) is 0. The Labute approximate surface area is 125 Å². The van der Waals surface area contributed by atoms with Crippen molar-refractivity contribution in [2.24, 2.45) is 11.8 Å². The van der Waals surface area contributed by atoms with Crippen molar-refractivity contribution in [2.45, 2.75) is 52.4 Å². The Hall–Kier alpha value is -1.71. The summed E-state index contributed by atoms with van der Waals surface area (Å²) in [6.45, 7) is 3.96. The monoisotopic (exact) mass is 289 g/mol. The molecule has 1 saturated carbocycles. The largest absolute Gasteiger partial charge is 0.299 e. The van der Waals surface area contributed by atoms with E-state index in [4.69, 9.17) is 0 Å². The van der Waals surface area contributed by atoms with Gasteiger partial charge >= 0.3 is 0 Å². The van der Waals surface area contributed by atoms with Crippen molar-refractivity contribution >= 4 is 11.5 Å². The molecule has 0 N–H and O–H groups in total. The van der Waals surface area contributed by atoms with Crippen LogP contribution in [0.4, 0.5) is 5.69 Å². The number of nitro groups is 1. The Bertz CT molecular complexity index is 539. The number of rotatable bonds is 5. The highest BCUT2D eigenvalue weighted by atomic mass is 16.6. The fraction of sp³-hybridized carbons (Fsp3) is 0.588. The van der Waals surface area contributed by atoms with Crippen molar-refractivity contribution in [3.05, 3.63) is 39.4 Å². The molecule has 2 atom stereocenters. The van der Waals surface area contributed by atoms with Crippen molar-refractivity contribution in [2.75, 3.05) is 0 Å². The zero-order chi connectivity index (χ0) is 15.4. The second kappa shape index (κ2) is 6.83. The van der Waals surface area contributed by atoms with Crippen LogP contribution >= 0.6 is 0 Å². The van der Waals surface area contributed by atoms with E-state index >= 15 is 0 Å². The van der Waals surface area contributed by atoms with Crippen molar-refractivity contribution in [1.29, 1.82) is 0 Å². The maximum absolute atomic E-state index is 12.1. The first kappa shape index (κ1) is 15.7. The molecule has 0 spiro atoms. The summed E-state index contributed by atoms with van der Waals surface area (Å²) >= 11 is 0. The first-order valence-corrected chi connectivity index (χ1v) is 7.78. The maximum Gasteiger partial charge on any atom is 0.272 e. The maximum atomic E-state index is 12.1. The minimum absolute atomic E-state index is 0.0380. The fourth-order valence-corrected chi connectivity index (χ4v) is 3.42. The summed E-state index contributed by atoms with van der Waals surface area (Å²) in [6, 6.07) is 5.16. The molecule has 0 heterocycles. The second-order valence-electron chi connectivity index (χ2n) is 6.11. The standard InChI is InChI=1S/C17H23NO3/c1-3-5-13-8-9-17(19)15(10-13)11-14-6-4-7-16(12(14)2)18(20)21/h4,6-7,13,15H,3,5,8-11H2,1-2H3. The molecule has 114 valence electrons. The van der Waals surface area contributed by atoms with Crippen LogP contribution < -0.4 is 0 Å². The molecule has 0 aliphatic heterocycles. The Morgan fingerprint density at radius 2 is 2.14 bits per heavy atom. The minimum Gasteiger partial charge on any atom is -0.299 e. The van der Waals surface area contributed by atoms with E-state index in [1.807, 2.05) is 6.07 Å². The summed E-state index contributed by atoms with van der Waals surface area (Å²) < 4.78 is 0. The Morgan fingerprint density at radius 3 is 2.81 bits per heavy atom. The van der Waals surface area contributed by atoms with E-state index < -0.39 is 0 Å². The van der Waals surface area contributed by atoms with E-state index in [1.54, 1.807) is 13.0 Å². The van der Waals surface area contributed by atoms with Crippen molar-refractivity contribution in [3.63, 3.8) is 0 Å². The van der Waals surface area contributed by atoms with E-state index in [-0.39, 0.29) is 16.5 Å². The van der Waals surface area contributed by atoms with E-state index in [2.05, 4.69) is 6.92 Å². The van der Waals surface area contributed by atoms with Gasteiger partial charge in [-0.1, -0.05) is 31.9 Å². The van der Waals surface area contributed by atoms with Crippen LogP contribution in [0.25, 0.3) is 0 Å². The molecule has 0 aromatic heterocycles. The first-order valence-electron chi connectivity index (χ1n) is 7.78. The quantitative estimate of drug-likeness (QED) is 0.602. The number of nitrogens with zero attached hydrogens (tertiary/aromatic N) is 1. The van der Waals surface area contributed by atoms with Crippen LogP contribution in [0.5, 0.6) is 0 Å². The molecule has 1 fully saturated rings. The Morgan fingerprint density at radius 1 is 1.38 bits per heavy atom. The van der Waals surface area contributed by atoms with Gasteiger partial charge in [0, 0.05) is 24.0 Å². The molecule has 4 nitrogen and oxygen atoms in total. The van der Waals surface area contributed by atoms with E-state index in [9.17, 15) is 14.9 Å². The molecule has 4 heteroatoms. The summed E-state index contributed by atoms with van der Waals surface area (Å²) in [7, 11) is 0. The van der Waals surface area contributed by atoms with Gasteiger partial charge in [0.1, 0.15) is 5.78 Å². The number of carbonyl (C=O) groups excluding carboxylic acids is 1. The molecule has 1 aromatic rings. The zero-order valence-corrected chi connectivity index (χ0v) is 12.8. The molecule has 0 saturated heterocycles. The molecule has 0 radical (unpaired) electrons. The average molecular weight is 289 g/mol. The highest BCUT2D eigenvalue weighted by Crippen LogP contribution is 2.33. The zero-order valence-electron chi connectivity index (χ0n) is 12.8. The van der Waals surface area contributed by atoms with Crippen LogP contribution in [0.2, 0.25) is 0 Å². The van der Waals surface area contributed by atoms with Crippen LogP contribution in [0.1, 0.15) is 50.2 Å². The van der Waals surface area contributed by atoms with Gasteiger partial charge in [-0.05, 0) is 37.7 Å². The summed E-state index contributed by atoms with van der Waals surface area (Å²) in [4.78, 5) is 22.8. The van der Waals surface area contributed by atoms with Crippen molar-refractivity contribution in [1.82, 2.24) is 0 Å². The number of Topliss-reactive ketones (excluding diaryl/α,β-unsaturated/α-hetero) is 1. The summed E-state index contributed by atoms with van der Waals surface area (Å²) in [5.41, 5.74) is 1.80. The third-order valence-corrected chi connectivity index (χ3v) is 4.65. The van der Waals surface area contributed by atoms with E-state index in [0.717, 1.165) is 24.8 Å². The molecule has 0 bridgehead atoms. The molecule has 2 unspecified atom stereocenters. The average Bonchev–Trinajstić information content (AvgIpc) is 2.44. The van der Waals surface area contributed by atoms with Crippen LogP contribution in [-0.2, 0) is 11.2 Å². The van der Waals surface area contributed by atoms with Gasteiger partial charge in [-0.3, -0.25) is 14.9 Å². The second-order valence-corrected chi connectivity index (χ2v) is 6.11. The van der Waals surface area contributed by atoms with Crippen LogP contribution in [0.3, 0.4) is 0 Å². The number of hydrogen-bond acceptors (Lipinski definition) is 3. The van der Waals surface area contributed by atoms with Gasteiger partial charge in [-0.15, -0.1) is 0 Å². The van der Waals surface area contributed by atoms with Gasteiger partial charge in [-0.25, -0.2) is 0 Å². The van der Waals surface area contributed by atoms with Crippen molar-refractivity contribution in [3.8, 4) is 0 Å². The van der Waals surface area contributed by atoms with Gasteiger partial charge in [0.05, 0.1) is 4.92 Å². The molecule has 1 aromatic carbocycles. The van der Waals surface area contributed by atoms with Crippen LogP contribution in [-0.4, -0.2) is 10.7 Å².